The second kappa shape index (κ2) is 7.97. The van der Waals surface area contributed by atoms with Gasteiger partial charge in [0.25, 0.3) is 0 Å². The quantitative estimate of drug-likeness (QED) is 0.370. The van der Waals surface area contributed by atoms with Crippen molar-refractivity contribution in [3.05, 3.63) is 35.9 Å². The Morgan fingerprint density at radius 1 is 1.41 bits per heavy atom. The van der Waals surface area contributed by atoms with Crippen LogP contribution in [0, 0.1) is 0 Å². The van der Waals surface area contributed by atoms with Crippen molar-refractivity contribution in [3.8, 4) is 0 Å². The minimum Gasteiger partial charge on any atom is -0.431 e. The molecule has 5 nitrogen and oxygen atoms in total. The molecule has 0 aliphatic carbocycles. The van der Waals surface area contributed by atoms with Crippen molar-refractivity contribution >= 4 is 12.8 Å². The molecule has 0 atom stereocenters. The predicted molar refractivity (Wildman–Crippen MR) is 67.2 cm³/mol. The molecule has 0 radical (unpaired) electrons. The Labute approximate surface area is 101 Å². The minimum atomic E-state index is -0.793. The monoisotopic (exact) mass is 236 g/mol. The van der Waals surface area contributed by atoms with Crippen molar-refractivity contribution < 1.29 is 15.0 Å². The van der Waals surface area contributed by atoms with Gasteiger partial charge in [-0.15, -0.1) is 0 Å². The highest BCUT2D eigenvalue weighted by atomic mass is 16.5. The molecule has 0 bridgehead atoms. The smallest absolute Gasteiger partial charge is 0.428 e. The van der Waals surface area contributed by atoms with Crippen molar-refractivity contribution in [1.29, 1.82) is 0 Å². The summed E-state index contributed by atoms with van der Waals surface area (Å²) in [5.74, 6) is 0. The van der Waals surface area contributed by atoms with Crippen LogP contribution in [0.4, 0.5) is 0 Å². The van der Waals surface area contributed by atoms with Crippen molar-refractivity contribution in [2.75, 3.05) is 13.2 Å². The molecular weight excluding hydrogens is 219 g/mol. The van der Waals surface area contributed by atoms with Crippen LogP contribution in [0.3, 0.4) is 0 Å². The van der Waals surface area contributed by atoms with E-state index in [2.05, 4.69) is 4.90 Å². The van der Waals surface area contributed by atoms with Crippen LogP contribution in [0.2, 0.25) is 6.82 Å². The fourth-order valence-electron chi connectivity index (χ4n) is 1.35. The van der Waals surface area contributed by atoms with Crippen LogP contribution in [-0.4, -0.2) is 36.1 Å². The van der Waals surface area contributed by atoms with Crippen molar-refractivity contribution in [2.24, 2.45) is 4.90 Å². The average Bonchev–Trinajstić information content (AvgIpc) is 2.30. The van der Waals surface area contributed by atoms with Gasteiger partial charge in [0.15, 0.2) is 0 Å². The molecule has 0 heterocycles. The molecule has 0 amide bonds. The predicted octanol–water partition coefficient (Wildman–Crippen LogP) is 0.733. The lowest BCUT2D eigenvalue weighted by Gasteiger charge is -2.08. The standard InChI is InChI=1S/C11H17BN2O3/c1-12(15)14-11(7-13-16)9-17-8-10-5-3-2-4-6-10/h2-6,13,15-16H,7-9H2,1H3. The maximum absolute atomic E-state index is 9.11. The van der Waals surface area contributed by atoms with Gasteiger partial charge < -0.3 is 19.9 Å². The Morgan fingerprint density at radius 3 is 2.71 bits per heavy atom. The Hall–Kier alpha value is -1.21. The zero-order valence-electron chi connectivity index (χ0n) is 9.84. The van der Waals surface area contributed by atoms with Crippen LogP contribution in [0.15, 0.2) is 35.2 Å². The van der Waals surface area contributed by atoms with Gasteiger partial charge in [-0.25, -0.2) is 0 Å². The third kappa shape index (κ3) is 6.18. The molecule has 3 N–H and O–H groups in total. The lowest BCUT2D eigenvalue weighted by atomic mass is 9.90. The van der Waals surface area contributed by atoms with Crippen LogP contribution in [0.5, 0.6) is 0 Å². The van der Waals surface area contributed by atoms with Gasteiger partial charge in [0.2, 0.25) is 0 Å². The number of nitrogens with zero attached hydrogens (tertiary/aromatic N) is 1. The second-order valence-electron chi connectivity index (χ2n) is 3.64. The van der Waals surface area contributed by atoms with Crippen LogP contribution in [-0.2, 0) is 11.3 Å². The molecule has 92 valence electrons. The van der Waals surface area contributed by atoms with Crippen molar-refractivity contribution in [2.45, 2.75) is 13.4 Å². The minimum absolute atomic E-state index is 0.180. The highest BCUT2D eigenvalue weighted by Crippen LogP contribution is 2.00. The number of hydrogen-bond acceptors (Lipinski definition) is 5. The first-order valence-electron chi connectivity index (χ1n) is 5.44. The molecular formula is C11H17BN2O3. The molecule has 17 heavy (non-hydrogen) atoms. The molecule has 6 heteroatoms. The van der Waals surface area contributed by atoms with E-state index in [0.717, 1.165) is 5.56 Å². The van der Waals surface area contributed by atoms with Crippen molar-refractivity contribution in [1.82, 2.24) is 5.48 Å². The first-order valence-corrected chi connectivity index (χ1v) is 5.44. The van der Waals surface area contributed by atoms with E-state index >= 15 is 0 Å². The fourth-order valence-corrected chi connectivity index (χ4v) is 1.35. The molecule has 0 aliphatic rings. The van der Waals surface area contributed by atoms with Gasteiger partial charge in [-0.3, -0.25) is 0 Å². The van der Waals surface area contributed by atoms with Crippen LogP contribution in [0.25, 0.3) is 0 Å². The van der Waals surface area contributed by atoms with E-state index < -0.39 is 7.05 Å². The van der Waals surface area contributed by atoms with Gasteiger partial charge in [0.05, 0.1) is 19.8 Å². The van der Waals surface area contributed by atoms with Gasteiger partial charge in [-0.2, -0.15) is 5.48 Å². The zero-order chi connectivity index (χ0) is 12.5. The van der Waals surface area contributed by atoms with E-state index in [1.807, 2.05) is 35.8 Å². The van der Waals surface area contributed by atoms with E-state index in [1.54, 1.807) is 6.82 Å². The number of ether oxygens (including phenoxy) is 1. The lowest BCUT2D eigenvalue weighted by Crippen LogP contribution is -2.26. The Kier molecular flexibility index (Phi) is 6.50. The first-order chi connectivity index (χ1) is 8.22. The number of hydroxylamine groups is 1. The highest BCUT2D eigenvalue weighted by Gasteiger charge is 2.04. The normalized spacial score (nSPS) is 11.6. The van der Waals surface area contributed by atoms with Crippen molar-refractivity contribution in [3.63, 3.8) is 0 Å². The number of rotatable bonds is 7. The number of benzene rings is 1. The van der Waals surface area contributed by atoms with Crippen LogP contribution < -0.4 is 5.48 Å². The largest absolute Gasteiger partial charge is 0.431 e. The summed E-state index contributed by atoms with van der Waals surface area (Å²) in [6.07, 6.45) is 0. The second-order valence-corrected chi connectivity index (χ2v) is 3.64. The topological polar surface area (TPSA) is 74.1 Å². The van der Waals surface area contributed by atoms with Gasteiger partial charge >= 0.3 is 7.05 Å². The first kappa shape index (κ1) is 13.9. The average molecular weight is 236 g/mol. The molecule has 0 fully saturated rings. The summed E-state index contributed by atoms with van der Waals surface area (Å²) in [5, 5.41) is 17.7. The summed E-state index contributed by atoms with van der Waals surface area (Å²) in [7, 11) is -0.793. The van der Waals surface area contributed by atoms with E-state index in [0.29, 0.717) is 12.3 Å². The summed E-state index contributed by atoms with van der Waals surface area (Å²) >= 11 is 0. The van der Waals surface area contributed by atoms with E-state index in [1.165, 1.54) is 0 Å². The molecule has 1 aromatic rings. The zero-order valence-corrected chi connectivity index (χ0v) is 9.84. The molecule has 0 aromatic heterocycles. The molecule has 1 aromatic carbocycles. The maximum atomic E-state index is 9.11. The Bertz CT molecular complexity index is 344. The van der Waals surface area contributed by atoms with E-state index in [9.17, 15) is 0 Å². The van der Waals surface area contributed by atoms with Gasteiger partial charge in [0.1, 0.15) is 0 Å². The van der Waals surface area contributed by atoms with E-state index in [4.69, 9.17) is 15.0 Å². The third-order valence-electron chi connectivity index (χ3n) is 2.03. The Morgan fingerprint density at radius 2 is 2.12 bits per heavy atom. The third-order valence-corrected chi connectivity index (χ3v) is 2.03. The SMILES string of the molecule is CB(O)N=C(CNO)COCc1ccccc1. The highest BCUT2D eigenvalue weighted by molar-refractivity contribution is 6.48. The lowest BCUT2D eigenvalue weighted by molar-refractivity contribution is 0.149. The van der Waals surface area contributed by atoms with Gasteiger partial charge in [0, 0.05) is 5.71 Å². The summed E-state index contributed by atoms with van der Waals surface area (Å²) in [5.41, 5.74) is 3.64. The molecule has 0 aliphatic heterocycles. The van der Waals surface area contributed by atoms with Crippen LogP contribution >= 0.6 is 0 Å². The molecule has 0 saturated carbocycles. The molecule has 0 saturated heterocycles. The van der Waals surface area contributed by atoms with Gasteiger partial charge in [-0.05, 0) is 12.4 Å². The fraction of sp³-hybridized carbons (Fsp3) is 0.364. The maximum Gasteiger partial charge on any atom is 0.428 e. The summed E-state index contributed by atoms with van der Waals surface area (Å²) < 4.78 is 5.44. The summed E-state index contributed by atoms with van der Waals surface area (Å²) in [6.45, 7) is 2.48. The van der Waals surface area contributed by atoms with Gasteiger partial charge in [-0.1, -0.05) is 30.3 Å². The number of nitrogens with one attached hydrogen (secondary N) is 1. The number of hydrogen-bond donors (Lipinski definition) is 3. The molecule has 1 rings (SSSR count). The summed E-state index contributed by atoms with van der Waals surface area (Å²) in [6, 6.07) is 9.77. The van der Waals surface area contributed by atoms with Crippen LogP contribution in [0.1, 0.15) is 5.56 Å². The van der Waals surface area contributed by atoms with E-state index in [-0.39, 0.29) is 13.2 Å². The Balaban J connectivity index is 2.37. The molecule has 0 unspecified atom stereocenters. The summed E-state index contributed by atoms with van der Waals surface area (Å²) in [4.78, 5) is 3.92. The molecule has 0 spiro atoms.